The molecule has 0 radical (unpaired) electrons. The molecule has 5 rings (SSSR count). The predicted molar refractivity (Wildman–Crippen MR) is 100 cm³/mol. The van der Waals surface area contributed by atoms with E-state index in [2.05, 4.69) is 0 Å². The first-order valence-corrected chi connectivity index (χ1v) is 8.96. The molecule has 6 heteroatoms. The molecule has 0 saturated heterocycles. The van der Waals surface area contributed by atoms with Crippen LogP contribution in [0, 0.1) is 0 Å². The van der Waals surface area contributed by atoms with E-state index in [1.807, 2.05) is 60.7 Å². The quantitative estimate of drug-likeness (QED) is 0.637. The SMILES string of the molecule is c1cc(COc2ccc3c(c2)OCO3)ccc1COc1ccc2c(c1)OCO2. The Bertz CT molecular complexity index is 902. The summed E-state index contributed by atoms with van der Waals surface area (Å²) in [7, 11) is 0. The molecule has 28 heavy (non-hydrogen) atoms. The molecule has 0 aliphatic carbocycles. The number of rotatable bonds is 6. The third-order valence-electron chi connectivity index (χ3n) is 4.52. The average molecular weight is 378 g/mol. The van der Waals surface area contributed by atoms with Crippen LogP contribution in [0.3, 0.4) is 0 Å². The maximum atomic E-state index is 5.84. The topological polar surface area (TPSA) is 55.4 Å². The second-order valence-corrected chi connectivity index (χ2v) is 6.42. The maximum absolute atomic E-state index is 5.84. The molecule has 2 aliphatic rings. The highest BCUT2D eigenvalue weighted by Gasteiger charge is 2.14. The van der Waals surface area contributed by atoms with Gasteiger partial charge in [0.1, 0.15) is 24.7 Å². The summed E-state index contributed by atoms with van der Waals surface area (Å²) in [6.07, 6.45) is 0. The molecule has 0 spiro atoms. The Labute approximate surface area is 162 Å². The summed E-state index contributed by atoms with van der Waals surface area (Å²) in [6.45, 7) is 1.47. The van der Waals surface area contributed by atoms with Gasteiger partial charge in [0, 0.05) is 12.1 Å². The van der Waals surface area contributed by atoms with Gasteiger partial charge >= 0.3 is 0 Å². The van der Waals surface area contributed by atoms with Crippen molar-refractivity contribution in [2.75, 3.05) is 13.6 Å². The van der Waals surface area contributed by atoms with Gasteiger partial charge in [-0.1, -0.05) is 24.3 Å². The third-order valence-corrected chi connectivity index (χ3v) is 4.52. The van der Waals surface area contributed by atoms with Crippen LogP contribution < -0.4 is 28.4 Å². The summed E-state index contributed by atoms with van der Waals surface area (Å²) in [5.41, 5.74) is 2.15. The molecule has 2 aliphatic heterocycles. The molecule has 0 atom stereocenters. The van der Waals surface area contributed by atoms with Crippen LogP contribution in [0.2, 0.25) is 0 Å². The Hall–Kier alpha value is -3.54. The van der Waals surface area contributed by atoms with E-state index in [0.29, 0.717) is 24.7 Å². The summed E-state index contributed by atoms with van der Waals surface area (Å²) in [5.74, 6) is 4.43. The smallest absolute Gasteiger partial charge is 0.231 e. The van der Waals surface area contributed by atoms with Gasteiger partial charge in [-0.15, -0.1) is 0 Å². The number of hydrogen-bond acceptors (Lipinski definition) is 6. The van der Waals surface area contributed by atoms with Crippen LogP contribution in [0.4, 0.5) is 0 Å². The Morgan fingerprint density at radius 2 is 0.964 bits per heavy atom. The summed E-state index contributed by atoms with van der Waals surface area (Å²) < 4.78 is 33.0. The number of hydrogen-bond donors (Lipinski definition) is 0. The molecular weight excluding hydrogens is 360 g/mol. The number of ether oxygens (including phenoxy) is 6. The van der Waals surface area contributed by atoms with Crippen molar-refractivity contribution >= 4 is 0 Å². The van der Waals surface area contributed by atoms with Crippen LogP contribution in [0.25, 0.3) is 0 Å². The highest BCUT2D eigenvalue weighted by Crippen LogP contribution is 2.36. The molecule has 142 valence electrons. The third kappa shape index (κ3) is 3.49. The maximum Gasteiger partial charge on any atom is 0.231 e. The first-order chi connectivity index (χ1) is 13.8. The monoisotopic (exact) mass is 378 g/mol. The van der Waals surface area contributed by atoms with Crippen LogP contribution >= 0.6 is 0 Å². The predicted octanol–water partition coefficient (Wildman–Crippen LogP) is 4.30. The summed E-state index contributed by atoms with van der Waals surface area (Å²) in [5, 5.41) is 0. The summed E-state index contributed by atoms with van der Waals surface area (Å²) >= 11 is 0. The largest absolute Gasteiger partial charge is 0.489 e. The Balaban J connectivity index is 1.15. The number of benzene rings is 3. The van der Waals surface area contributed by atoms with Crippen molar-refractivity contribution in [1.29, 1.82) is 0 Å². The van der Waals surface area contributed by atoms with Crippen molar-refractivity contribution in [3.05, 3.63) is 71.8 Å². The highest BCUT2D eigenvalue weighted by atomic mass is 16.7. The van der Waals surface area contributed by atoms with E-state index < -0.39 is 0 Å². The Morgan fingerprint density at radius 1 is 0.536 bits per heavy atom. The minimum atomic E-state index is 0.259. The van der Waals surface area contributed by atoms with Crippen molar-refractivity contribution in [3.63, 3.8) is 0 Å². The lowest BCUT2D eigenvalue weighted by Crippen LogP contribution is -1.98. The second kappa shape index (κ2) is 7.23. The standard InChI is InChI=1S/C22H18O6/c1-2-16(12-24-18-6-8-20-22(10-18)28-14-26-20)4-3-15(1)11-23-17-5-7-19-21(9-17)27-13-25-19/h1-10H,11-14H2. The molecule has 0 N–H and O–H groups in total. The van der Waals surface area contributed by atoms with E-state index in [1.54, 1.807) is 0 Å². The highest BCUT2D eigenvalue weighted by molar-refractivity contribution is 5.47. The lowest BCUT2D eigenvalue weighted by Gasteiger charge is -2.09. The van der Waals surface area contributed by atoms with Crippen LogP contribution in [0.1, 0.15) is 11.1 Å². The van der Waals surface area contributed by atoms with Gasteiger partial charge < -0.3 is 28.4 Å². The molecule has 2 heterocycles. The Kier molecular flexibility index (Phi) is 4.29. The van der Waals surface area contributed by atoms with Crippen molar-refractivity contribution in [2.45, 2.75) is 13.2 Å². The normalized spacial score (nSPS) is 13.4. The second-order valence-electron chi connectivity index (χ2n) is 6.42. The Morgan fingerprint density at radius 3 is 1.43 bits per heavy atom. The molecule has 0 bridgehead atoms. The fourth-order valence-corrected chi connectivity index (χ4v) is 3.00. The van der Waals surface area contributed by atoms with Gasteiger partial charge in [0.05, 0.1) is 0 Å². The molecule has 6 nitrogen and oxygen atoms in total. The van der Waals surface area contributed by atoms with Gasteiger partial charge in [0.25, 0.3) is 0 Å². The van der Waals surface area contributed by atoms with Gasteiger partial charge in [0.2, 0.25) is 13.6 Å². The number of fused-ring (bicyclic) bond motifs is 2. The molecule has 3 aromatic carbocycles. The van der Waals surface area contributed by atoms with E-state index in [-0.39, 0.29) is 13.6 Å². The van der Waals surface area contributed by atoms with Gasteiger partial charge in [-0.05, 0) is 35.4 Å². The lowest BCUT2D eigenvalue weighted by atomic mass is 10.1. The fraction of sp³-hybridized carbons (Fsp3) is 0.182. The van der Waals surface area contributed by atoms with E-state index >= 15 is 0 Å². The first kappa shape index (κ1) is 16.6. The van der Waals surface area contributed by atoms with Gasteiger partial charge in [-0.3, -0.25) is 0 Å². The van der Waals surface area contributed by atoms with E-state index in [4.69, 9.17) is 28.4 Å². The van der Waals surface area contributed by atoms with Crippen molar-refractivity contribution in [2.24, 2.45) is 0 Å². The van der Waals surface area contributed by atoms with E-state index in [9.17, 15) is 0 Å². The molecular formula is C22H18O6. The molecule has 0 fully saturated rings. The molecule has 0 unspecified atom stereocenters. The minimum Gasteiger partial charge on any atom is -0.489 e. The van der Waals surface area contributed by atoms with Crippen LogP contribution in [0.15, 0.2) is 60.7 Å². The molecule has 0 saturated carbocycles. The average Bonchev–Trinajstić information content (AvgIpc) is 3.39. The zero-order chi connectivity index (χ0) is 18.8. The van der Waals surface area contributed by atoms with Crippen molar-refractivity contribution < 1.29 is 28.4 Å². The zero-order valence-corrected chi connectivity index (χ0v) is 15.1. The lowest BCUT2D eigenvalue weighted by molar-refractivity contribution is 0.173. The van der Waals surface area contributed by atoms with Crippen LogP contribution in [-0.4, -0.2) is 13.6 Å². The van der Waals surface area contributed by atoms with Gasteiger partial charge in [0.15, 0.2) is 23.0 Å². The van der Waals surface area contributed by atoms with Crippen molar-refractivity contribution in [3.8, 4) is 34.5 Å². The zero-order valence-electron chi connectivity index (χ0n) is 15.1. The fourth-order valence-electron chi connectivity index (χ4n) is 3.00. The van der Waals surface area contributed by atoms with Gasteiger partial charge in [-0.25, -0.2) is 0 Å². The summed E-state index contributed by atoms with van der Waals surface area (Å²) in [4.78, 5) is 0. The van der Waals surface area contributed by atoms with E-state index in [0.717, 1.165) is 34.1 Å². The van der Waals surface area contributed by atoms with Crippen molar-refractivity contribution in [1.82, 2.24) is 0 Å². The van der Waals surface area contributed by atoms with Crippen LogP contribution in [-0.2, 0) is 13.2 Å². The molecule has 3 aromatic rings. The first-order valence-electron chi connectivity index (χ1n) is 8.96. The minimum absolute atomic E-state index is 0.259. The van der Waals surface area contributed by atoms with Gasteiger partial charge in [-0.2, -0.15) is 0 Å². The summed E-state index contributed by atoms with van der Waals surface area (Å²) in [6, 6.07) is 19.3. The van der Waals surface area contributed by atoms with E-state index in [1.165, 1.54) is 0 Å². The molecule has 0 amide bonds. The molecule has 0 aromatic heterocycles. The van der Waals surface area contributed by atoms with Crippen LogP contribution in [0.5, 0.6) is 34.5 Å².